The molecule has 0 unspecified atom stereocenters. The number of hydrogen-bond donors (Lipinski definition) is 1. The van der Waals surface area contributed by atoms with E-state index in [9.17, 15) is 9.59 Å². The number of rotatable bonds is 0. The third kappa shape index (κ3) is 2.23. The quantitative estimate of drug-likeness (QED) is 0.427. The summed E-state index contributed by atoms with van der Waals surface area (Å²) in [6.07, 6.45) is 1.72. The predicted octanol–water partition coefficient (Wildman–Crippen LogP) is -1.01. The lowest BCUT2D eigenvalue weighted by atomic mass is 10.1. The first-order chi connectivity index (χ1) is 3.79. The van der Waals surface area contributed by atoms with Crippen LogP contribution < -0.4 is 5.32 Å². The lowest BCUT2D eigenvalue weighted by Gasteiger charge is -2.07. The lowest BCUT2D eigenvalue weighted by Crippen LogP contribution is -2.33. The Hall–Kier alpha value is -0.900. The number of nitrogens with one attached hydrogen (secondary N) is 1. The maximum Gasteiger partial charge on any atom is 0.226 e. The molecule has 1 heterocycles. The summed E-state index contributed by atoms with van der Waals surface area (Å²) in [6.45, 7) is 0. The van der Waals surface area contributed by atoms with Crippen molar-refractivity contribution in [3.8, 4) is 0 Å². The fraction of sp³-hybridized carbons (Fsp3) is 0.600. The van der Waals surface area contributed by atoms with Crippen molar-refractivity contribution < 1.29 is 15.1 Å². The van der Waals surface area contributed by atoms with Gasteiger partial charge in [0, 0.05) is 12.8 Å². The number of imide groups is 1. The molecule has 2 amide bonds. The molecule has 9 heavy (non-hydrogen) atoms. The summed E-state index contributed by atoms with van der Waals surface area (Å²) in [4.78, 5) is 20.7. The van der Waals surface area contributed by atoms with Gasteiger partial charge < -0.3 is 5.48 Å². The van der Waals surface area contributed by atoms with Gasteiger partial charge in [0.15, 0.2) is 0 Å². The number of carbonyl (C=O) groups is 2. The second kappa shape index (κ2) is 3.19. The number of piperidine rings is 1. The normalized spacial score (nSPS) is 18.2. The molecule has 0 aromatic carbocycles. The Kier molecular flexibility index (Phi) is 2.87. The topological polar surface area (TPSA) is 77.7 Å². The Balaban J connectivity index is 0.000000640. The van der Waals surface area contributed by atoms with Crippen LogP contribution in [0.5, 0.6) is 0 Å². The van der Waals surface area contributed by atoms with Crippen molar-refractivity contribution in [3.63, 3.8) is 0 Å². The summed E-state index contributed by atoms with van der Waals surface area (Å²) in [6, 6.07) is 0. The zero-order chi connectivity index (χ0) is 5.98. The first-order valence-corrected chi connectivity index (χ1v) is 2.62. The minimum absolute atomic E-state index is 0. The summed E-state index contributed by atoms with van der Waals surface area (Å²) < 4.78 is 0. The van der Waals surface area contributed by atoms with Crippen LogP contribution in [0.4, 0.5) is 0 Å². The maximum absolute atomic E-state index is 10.3. The van der Waals surface area contributed by atoms with Crippen LogP contribution >= 0.6 is 0 Å². The molecule has 52 valence electrons. The molecule has 0 bridgehead atoms. The van der Waals surface area contributed by atoms with Crippen LogP contribution in [0, 0.1) is 0 Å². The highest BCUT2D eigenvalue weighted by Crippen LogP contribution is 2.00. The van der Waals surface area contributed by atoms with E-state index in [4.69, 9.17) is 0 Å². The van der Waals surface area contributed by atoms with Gasteiger partial charge in [-0.1, -0.05) is 0 Å². The predicted molar refractivity (Wildman–Crippen MR) is 30.6 cm³/mol. The third-order valence-electron chi connectivity index (χ3n) is 1.09. The van der Waals surface area contributed by atoms with E-state index in [1.165, 1.54) is 0 Å². The highest BCUT2D eigenvalue weighted by atomic mass is 16.2. The SMILES string of the molecule is O.O=C1CCCC(=O)N1. The molecule has 0 radical (unpaired) electrons. The van der Waals surface area contributed by atoms with Crippen molar-refractivity contribution in [1.29, 1.82) is 0 Å². The summed E-state index contributed by atoms with van der Waals surface area (Å²) in [7, 11) is 0. The zero-order valence-electron chi connectivity index (χ0n) is 4.94. The molecule has 0 saturated carbocycles. The van der Waals surface area contributed by atoms with Gasteiger partial charge in [-0.15, -0.1) is 0 Å². The molecule has 3 N–H and O–H groups in total. The molecule has 0 aliphatic carbocycles. The maximum atomic E-state index is 10.3. The summed E-state index contributed by atoms with van der Waals surface area (Å²) in [5, 5.41) is 2.20. The largest absolute Gasteiger partial charge is 0.412 e. The van der Waals surface area contributed by atoms with Crippen molar-refractivity contribution in [1.82, 2.24) is 5.32 Å². The molecule has 0 atom stereocenters. The van der Waals surface area contributed by atoms with Crippen LogP contribution in [0.3, 0.4) is 0 Å². The molecule has 0 aromatic rings. The molecule has 4 heteroatoms. The molecule has 1 fully saturated rings. The van der Waals surface area contributed by atoms with Crippen molar-refractivity contribution >= 4 is 11.8 Å². The van der Waals surface area contributed by atoms with Crippen LogP contribution in [0.1, 0.15) is 19.3 Å². The third-order valence-corrected chi connectivity index (χ3v) is 1.09. The minimum atomic E-state index is -0.138. The van der Waals surface area contributed by atoms with Gasteiger partial charge in [0.05, 0.1) is 0 Å². The van der Waals surface area contributed by atoms with E-state index in [-0.39, 0.29) is 17.3 Å². The molecular formula is C5H9NO3. The van der Waals surface area contributed by atoms with E-state index in [1.807, 2.05) is 0 Å². The van der Waals surface area contributed by atoms with Crippen LogP contribution in [-0.2, 0) is 9.59 Å². The monoisotopic (exact) mass is 131 g/mol. The van der Waals surface area contributed by atoms with E-state index in [2.05, 4.69) is 5.32 Å². The average Bonchev–Trinajstić information content (AvgIpc) is 1.64. The van der Waals surface area contributed by atoms with Gasteiger partial charge in [-0.3, -0.25) is 14.9 Å². The smallest absolute Gasteiger partial charge is 0.226 e. The highest BCUT2D eigenvalue weighted by molar-refractivity contribution is 5.97. The number of hydrogen-bond acceptors (Lipinski definition) is 2. The molecule has 0 aromatic heterocycles. The van der Waals surface area contributed by atoms with E-state index < -0.39 is 0 Å². The van der Waals surface area contributed by atoms with E-state index in [1.54, 1.807) is 0 Å². The van der Waals surface area contributed by atoms with E-state index in [0.717, 1.165) is 0 Å². The second-order valence-corrected chi connectivity index (χ2v) is 1.82. The standard InChI is InChI=1S/C5H7NO2.H2O/c7-4-2-1-3-5(8)6-4;/h1-3H2,(H,6,7,8);1H2. The fourth-order valence-electron chi connectivity index (χ4n) is 0.690. The average molecular weight is 131 g/mol. The van der Waals surface area contributed by atoms with Gasteiger partial charge >= 0.3 is 0 Å². The second-order valence-electron chi connectivity index (χ2n) is 1.82. The molecule has 1 aliphatic heterocycles. The number of amides is 2. The summed E-state index contributed by atoms with van der Waals surface area (Å²) in [5.41, 5.74) is 0. The number of carbonyl (C=O) groups excluding carboxylic acids is 2. The van der Waals surface area contributed by atoms with Crippen LogP contribution in [-0.4, -0.2) is 17.3 Å². The van der Waals surface area contributed by atoms with Crippen molar-refractivity contribution in [2.45, 2.75) is 19.3 Å². The van der Waals surface area contributed by atoms with Crippen LogP contribution in [0.2, 0.25) is 0 Å². The molecule has 1 rings (SSSR count). The van der Waals surface area contributed by atoms with Gasteiger partial charge in [0.1, 0.15) is 0 Å². The van der Waals surface area contributed by atoms with E-state index in [0.29, 0.717) is 19.3 Å². The Morgan fingerprint density at radius 2 is 1.56 bits per heavy atom. The van der Waals surface area contributed by atoms with Gasteiger partial charge in [0.25, 0.3) is 0 Å². The Morgan fingerprint density at radius 3 is 1.78 bits per heavy atom. The van der Waals surface area contributed by atoms with Crippen molar-refractivity contribution in [3.05, 3.63) is 0 Å². The van der Waals surface area contributed by atoms with Gasteiger partial charge in [-0.05, 0) is 6.42 Å². The first kappa shape index (κ1) is 8.10. The lowest BCUT2D eigenvalue weighted by molar-refractivity contribution is -0.132. The fourth-order valence-corrected chi connectivity index (χ4v) is 0.690. The van der Waals surface area contributed by atoms with Gasteiger partial charge in [-0.25, -0.2) is 0 Å². The molecule has 0 spiro atoms. The van der Waals surface area contributed by atoms with Crippen molar-refractivity contribution in [2.75, 3.05) is 0 Å². The van der Waals surface area contributed by atoms with Crippen LogP contribution in [0.25, 0.3) is 0 Å². The molecule has 1 saturated heterocycles. The minimum Gasteiger partial charge on any atom is -0.412 e. The first-order valence-electron chi connectivity index (χ1n) is 2.62. The highest BCUT2D eigenvalue weighted by Gasteiger charge is 2.12. The van der Waals surface area contributed by atoms with Gasteiger partial charge in [-0.2, -0.15) is 0 Å². The summed E-state index contributed by atoms with van der Waals surface area (Å²) in [5.74, 6) is -0.275. The Morgan fingerprint density at radius 1 is 1.11 bits per heavy atom. The molecular weight excluding hydrogens is 122 g/mol. The van der Waals surface area contributed by atoms with Gasteiger partial charge in [0.2, 0.25) is 11.8 Å². The Bertz CT molecular complexity index is 118. The van der Waals surface area contributed by atoms with Crippen molar-refractivity contribution in [2.24, 2.45) is 0 Å². The van der Waals surface area contributed by atoms with Crippen LogP contribution in [0.15, 0.2) is 0 Å². The van der Waals surface area contributed by atoms with E-state index >= 15 is 0 Å². The molecule has 4 nitrogen and oxygen atoms in total. The summed E-state index contributed by atoms with van der Waals surface area (Å²) >= 11 is 0. The Labute approximate surface area is 52.5 Å². The zero-order valence-corrected chi connectivity index (χ0v) is 4.94. The molecule has 1 aliphatic rings.